The van der Waals surface area contributed by atoms with E-state index in [9.17, 15) is 0 Å². The van der Waals surface area contributed by atoms with E-state index in [1.165, 1.54) is 0 Å². The molecule has 0 radical (unpaired) electrons. The van der Waals surface area contributed by atoms with Gasteiger partial charge in [0.1, 0.15) is 11.0 Å². The van der Waals surface area contributed by atoms with Gasteiger partial charge in [0.2, 0.25) is 0 Å². The van der Waals surface area contributed by atoms with Crippen molar-refractivity contribution in [2.45, 2.75) is 46.0 Å². The zero-order valence-corrected chi connectivity index (χ0v) is 12.6. The van der Waals surface area contributed by atoms with Gasteiger partial charge in [0.05, 0.1) is 9.26 Å². The van der Waals surface area contributed by atoms with Gasteiger partial charge < -0.3 is 0 Å². The SMILES string of the molecule is CC(C)c1nc(Cl)c(I)c(C(C)(C)C)n1. The first kappa shape index (κ1) is 13.2. The van der Waals surface area contributed by atoms with Crippen LogP contribution in [0.5, 0.6) is 0 Å². The van der Waals surface area contributed by atoms with E-state index in [1.807, 2.05) is 0 Å². The van der Waals surface area contributed by atoms with E-state index in [0.717, 1.165) is 15.1 Å². The Labute approximate surface area is 110 Å². The predicted octanol–water partition coefficient (Wildman–Crippen LogP) is 4.16. The fourth-order valence-electron chi connectivity index (χ4n) is 1.19. The quantitative estimate of drug-likeness (QED) is 0.568. The van der Waals surface area contributed by atoms with E-state index in [4.69, 9.17) is 11.6 Å². The fourth-order valence-corrected chi connectivity index (χ4v) is 2.42. The highest BCUT2D eigenvalue weighted by Gasteiger charge is 2.23. The molecule has 2 nitrogen and oxygen atoms in total. The molecule has 1 rings (SSSR count). The van der Waals surface area contributed by atoms with E-state index in [0.29, 0.717) is 11.1 Å². The monoisotopic (exact) mass is 338 g/mol. The average molecular weight is 339 g/mol. The molecule has 0 bridgehead atoms. The summed E-state index contributed by atoms with van der Waals surface area (Å²) in [5.74, 6) is 1.13. The van der Waals surface area contributed by atoms with Crippen molar-refractivity contribution in [1.29, 1.82) is 0 Å². The average Bonchev–Trinajstić information content (AvgIpc) is 2.06. The van der Waals surface area contributed by atoms with Gasteiger partial charge in [-0.3, -0.25) is 0 Å². The lowest BCUT2D eigenvalue weighted by atomic mass is 9.92. The molecule has 15 heavy (non-hydrogen) atoms. The van der Waals surface area contributed by atoms with Gasteiger partial charge in [-0.1, -0.05) is 46.2 Å². The van der Waals surface area contributed by atoms with E-state index in [2.05, 4.69) is 67.2 Å². The van der Waals surface area contributed by atoms with Crippen molar-refractivity contribution in [3.63, 3.8) is 0 Å². The number of hydrogen-bond acceptors (Lipinski definition) is 2. The number of aromatic nitrogens is 2. The number of rotatable bonds is 1. The molecular weight excluding hydrogens is 322 g/mol. The van der Waals surface area contributed by atoms with Crippen LogP contribution < -0.4 is 0 Å². The standard InChI is InChI=1S/C11H16ClIN2/c1-6(2)10-14-8(11(3,4)5)7(13)9(12)15-10/h6H,1-5H3. The lowest BCUT2D eigenvalue weighted by Gasteiger charge is -2.21. The smallest absolute Gasteiger partial charge is 0.146 e. The molecular formula is C11H16ClIN2. The first-order valence-corrected chi connectivity index (χ1v) is 6.42. The van der Waals surface area contributed by atoms with Crippen LogP contribution in [0.4, 0.5) is 0 Å². The Balaban J connectivity index is 3.38. The maximum atomic E-state index is 6.11. The van der Waals surface area contributed by atoms with Crippen LogP contribution in [-0.4, -0.2) is 9.97 Å². The van der Waals surface area contributed by atoms with Crippen molar-refractivity contribution in [2.75, 3.05) is 0 Å². The molecule has 1 aromatic rings. The van der Waals surface area contributed by atoms with Gasteiger partial charge in [0.15, 0.2) is 0 Å². The Kier molecular flexibility index (Phi) is 3.98. The summed E-state index contributed by atoms with van der Waals surface area (Å²) >= 11 is 8.32. The van der Waals surface area contributed by atoms with Crippen molar-refractivity contribution in [2.24, 2.45) is 0 Å². The maximum Gasteiger partial charge on any atom is 0.146 e. The zero-order valence-electron chi connectivity index (χ0n) is 9.73. The number of nitrogens with zero attached hydrogens (tertiary/aromatic N) is 2. The van der Waals surface area contributed by atoms with Gasteiger partial charge in [-0.25, -0.2) is 9.97 Å². The normalized spacial score (nSPS) is 12.3. The fraction of sp³-hybridized carbons (Fsp3) is 0.636. The Hall–Kier alpha value is 0.1000. The summed E-state index contributed by atoms with van der Waals surface area (Å²) in [5.41, 5.74) is 1.04. The topological polar surface area (TPSA) is 25.8 Å². The van der Waals surface area contributed by atoms with Crippen molar-refractivity contribution < 1.29 is 0 Å². The highest BCUT2D eigenvalue weighted by Crippen LogP contribution is 2.30. The zero-order chi connectivity index (χ0) is 11.8. The molecule has 0 amide bonds. The Morgan fingerprint density at radius 3 is 2.13 bits per heavy atom. The van der Waals surface area contributed by atoms with Crippen molar-refractivity contribution in [3.8, 4) is 0 Å². The van der Waals surface area contributed by atoms with E-state index < -0.39 is 0 Å². The van der Waals surface area contributed by atoms with E-state index >= 15 is 0 Å². The van der Waals surface area contributed by atoms with Crippen molar-refractivity contribution in [1.82, 2.24) is 9.97 Å². The van der Waals surface area contributed by atoms with Gasteiger partial charge in [0, 0.05) is 11.3 Å². The maximum absolute atomic E-state index is 6.11. The lowest BCUT2D eigenvalue weighted by molar-refractivity contribution is 0.554. The van der Waals surface area contributed by atoms with Crippen LogP contribution in [0.15, 0.2) is 0 Å². The Bertz CT molecular complexity index is 370. The minimum Gasteiger partial charge on any atom is -0.236 e. The third-order valence-corrected chi connectivity index (χ3v) is 3.67. The second-order valence-electron chi connectivity index (χ2n) is 4.94. The highest BCUT2D eigenvalue weighted by molar-refractivity contribution is 14.1. The van der Waals surface area contributed by atoms with E-state index in [-0.39, 0.29) is 5.41 Å². The van der Waals surface area contributed by atoms with Crippen LogP contribution in [0.1, 0.15) is 52.1 Å². The van der Waals surface area contributed by atoms with Crippen LogP contribution in [0.3, 0.4) is 0 Å². The summed E-state index contributed by atoms with van der Waals surface area (Å²) in [6.07, 6.45) is 0. The predicted molar refractivity (Wildman–Crippen MR) is 72.5 cm³/mol. The van der Waals surface area contributed by atoms with Gasteiger partial charge >= 0.3 is 0 Å². The minimum atomic E-state index is 0.00669. The lowest BCUT2D eigenvalue weighted by Crippen LogP contribution is -2.18. The van der Waals surface area contributed by atoms with Crippen LogP contribution in [0.2, 0.25) is 5.15 Å². The molecule has 0 fully saturated rings. The van der Waals surface area contributed by atoms with Gasteiger partial charge in [-0.2, -0.15) is 0 Å². The summed E-state index contributed by atoms with van der Waals surface area (Å²) in [6.45, 7) is 10.6. The molecule has 4 heteroatoms. The molecule has 0 aliphatic rings. The highest BCUT2D eigenvalue weighted by atomic mass is 127. The summed E-state index contributed by atoms with van der Waals surface area (Å²) < 4.78 is 0.964. The molecule has 1 aromatic heterocycles. The van der Waals surface area contributed by atoms with Crippen LogP contribution in [0.25, 0.3) is 0 Å². The molecule has 0 aliphatic heterocycles. The first-order valence-electron chi connectivity index (χ1n) is 4.97. The molecule has 0 saturated carbocycles. The third kappa shape index (κ3) is 3.03. The molecule has 0 atom stereocenters. The van der Waals surface area contributed by atoms with Crippen LogP contribution in [-0.2, 0) is 5.41 Å². The Morgan fingerprint density at radius 2 is 1.73 bits per heavy atom. The van der Waals surface area contributed by atoms with Crippen LogP contribution >= 0.6 is 34.2 Å². The molecule has 0 saturated heterocycles. The molecule has 0 aromatic carbocycles. The largest absolute Gasteiger partial charge is 0.236 e. The molecule has 0 spiro atoms. The van der Waals surface area contributed by atoms with Crippen molar-refractivity contribution >= 4 is 34.2 Å². The summed E-state index contributed by atoms with van der Waals surface area (Å²) in [7, 11) is 0. The van der Waals surface area contributed by atoms with Gasteiger partial charge in [-0.05, 0) is 22.6 Å². The Morgan fingerprint density at radius 1 is 1.20 bits per heavy atom. The molecule has 84 valence electrons. The number of hydrogen-bond donors (Lipinski definition) is 0. The molecule has 0 N–H and O–H groups in total. The second kappa shape index (κ2) is 4.53. The molecule has 1 heterocycles. The third-order valence-electron chi connectivity index (χ3n) is 2.05. The summed E-state index contributed by atoms with van der Waals surface area (Å²) in [4.78, 5) is 8.89. The van der Waals surface area contributed by atoms with Gasteiger partial charge in [0.25, 0.3) is 0 Å². The molecule has 0 unspecified atom stereocenters. The first-order chi connectivity index (χ1) is 6.73. The summed E-state index contributed by atoms with van der Waals surface area (Å²) in [6, 6.07) is 0. The minimum absolute atomic E-state index is 0.00669. The van der Waals surface area contributed by atoms with E-state index in [1.54, 1.807) is 0 Å². The number of halogens is 2. The molecule has 0 aliphatic carbocycles. The van der Waals surface area contributed by atoms with Gasteiger partial charge in [-0.15, -0.1) is 0 Å². The van der Waals surface area contributed by atoms with Crippen molar-refractivity contribution in [3.05, 3.63) is 20.2 Å². The van der Waals surface area contributed by atoms with Crippen LogP contribution in [0, 0.1) is 3.57 Å². The second-order valence-corrected chi connectivity index (χ2v) is 6.38. The summed E-state index contributed by atoms with van der Waals surface area (Å²) in [5, 5.41) is 0.569.